The lowest BCUT2D eigenvalue weighted by atomic mass is 10.1. The lowest BCUT2D eigenvalue weighted by molar-refractivity contribution is 0.473. The minimum atomic E-state index is 0.0970. The van der Waals surface area contributed by atoms with Crippen molar-refractivity contribution in [3.63, 3.8) is 0 Å². The summed E-state index contributed by atoms with van der Waals surface area (Å²) in [6.45, 7) is 3.03. The summed E-state index contributed by atoms with van der Waals surface area (Å²) in [5.74, 6) is 0.634. The van der Waals surface area contributed by atoms with E-state index in [-0.39, 0.29) is 5.56 Å². The predicted octanol–water partition coefficient (Wildman–Crippen LogP) is 3.81. The summed E-state index contributed by atoms with van der Waals surface area (Å²) in [5.41, 5.74) is 1.13. The molecule has 3 heteroatoms. The molecule has 0 aliphatic carbocycles. The number of hydrogen-bond donors (Lipinski definition) is 0. The number of nitrogens with zero attached hydrogens (tertiary/aromatic N) is 1. The van der Waals surface area contributed by atoms with Gasteiger partial charge in [0.05, 0.1) is 5.52 Å². The van der Waals surface area contributed by atoms with Crippen LogP contribution in [-0.4, -0.2) is 9.90 Å². The number of para-hydroxylation sites is 1. The van der Waals surface area contributed by atoms with Crippen molar-refractivity contribution in [2.45, 2.75) is 26.3 Å². The molecule has 1 aromatic carbocycles. The average Bonchev–Trinajstić information content (AvgIpc) is 2.38. The van der Waals surface area contributed by atoms with Gasteiger partial charge in [-0.25, -0.2) is 0 Å². The lowest BCUT2D eigenvalue weighted by Crippen LogP contribution is -2.20. The molecule has 1 heterocycles. The van der Waals surface area contributed by atoms with Crippen LogP contribution in [-0.2, 0) is 6.54 Å². The zero-order valence-corrected chi connectivity index (χ0v) is 12.2. The van der Waals surface area contributed by atoms with E-state index in [4.69, 9.17) is 0 Å². The second-order valence-corrected chi connectivity index (χ2v) is 5.55. The molecule has 1 atom stereocenters. The molecule has 1 aromatic heterocycles. The molecule has 2 nitrogen and oxygen atoms in total. The quantitative estimate of drug-likeness (QED) is 0.770. The molecule has 0 saturated carbocycles. The number of halogens is 1. The first kappa shape index (κ1) is 13.3. The monoisotopic (exact) mass is 307 g/mol. The Labute approximate surface area is 116 Å². The molecule has 96 valence electrons. The molecule has 0 aliphatic heterocycles. The molecule has 2 rings (SSSR count). The predicted molar refractivity (Wildman–Crippen MR) is 80.4 cm³/mol. The number of benzene rings is 1. The van der Waals surface area contributed by atoms with Gasteiger partial charge in [0.1, 0.15) is 0 Å². The molecule has 18 heavy (non-hydrogen) atoms. The highest BCUT2D eigenvalue weighted by atomic mass is 79.9. The van der Waals surface area contributed by atoms with Crippen molar-refractivity contribution >= 4 is 26.8 Å². The summed E-state index contributed by atoms with van der Waals surface area (Å²) in [7, 11) is 0. The fourth-order valence-corrected chi connectivity index (χ4v) is 2.94. The highest BCUT2D eigenvalue weighted by Crippen LogP contribution is 2.14. The van der Waals surface area contributed by atoms with Crippen LogP contribution < -0.4 is 5.56 Å². The molecule has 2 aromatic rings. The summed E-state index contributed by atoms with van der Waals surface area (Å²) in [5, 5.41) is 2.16. The van der Waals surface area contributed by atoms with E-state index in [1.54, 1.807) is 6.07 Å². The molecule has 0 bridgehead atoms. The van der Waals surface area contributed by atoms with E-state index in [2.05, 4.69) is 22.9 Å². The molecular weight excluding hydrogens is 290 g/mol. The third-order valence-electron chi connectivity index (χ3n) is 3.35. The topological polar surface area (TPSA) is 22.0 Å². The van der Waals surface area contributed by atoms with Crippen molar-refractivity contribution < 1.29 is 0 Å². The second-order valence-electron chi connectivity index (χ2n) is 4.75. The van der Waals surface area contributed by atoms with Gasteiger partial charge in [0, 0.05) is 17.9 Å². The molecule has 0 saturated heterocycles. The Balaban J connectivity index is 2.26. The minimum Gasteiger partial charge on any atom is -0.308 e. The average molecular weight is 308 g/mol. The van der Waals surface area contributed by atoms with Gasteiger partial charge in [-0.3, -0.25) is 4.79 Å². The number of pyridine rings is 1. The Morgan fingerprint density at radius 2 is 1.94 bits per heavy atom. The third kappa shape index (κ3) is 3.02. The van der Waals surface area contributed by atoms with E-state index in [0.717, 1.165) is 35.6 Å². The number of aromatic nitrogens is 1. The van der Waals surface area contributed by atoms with Crippen molar-refractivity contribution in [1.82, 2.24) is 4.57 Å². The molecule has 1 unspecified atom stereocenters. The van der Waals surface area contributed by atoms with E-state index >= 15 is 0 Å². The van der Waals surface area contributed by atoms with E-state index in [1.165, 1.54) is 0 Å². The molecule has 0 spiro atoms. The highest BCUT2D eigenvalue weighted by molar-refractivity contribution is 9.09. The normalized spacial score (nSPS) is 12.8. The smallest absolute Gasteiger partial charge is 0.251 e. The van der Waals surface area contributed by atoms with Crippen LogP contribution in [0.2, 0.25) is 0 Å². The number of fused-ring (bicyclic) bond motifs is 1. The minimum absolute atomic E-state index is 0.0970. The zero-order valence-electron chi connectivity index (χ0n) is 10.6. The fraction of sp³-hybridized carbons (Fsp3) is 0.400. The zero-order chi connectivity index (χ0) is 13.0. The summed E-state index contributed by atoms with van der Waals surface area (Å²) < 4.78 is 1.89. The molecule has 0 N–H and O–H groups in total. The van der Waals surface area contributed by atoms with Crippen LogP contribution >= 0.6 is 15.9 Å². The van der Waals surface area contributed by atoms with Crippen LogP contribution in [0.3, 0.4) is 0 Å². The maximum atomic E-state index is 12.0. The molecule has 0 fully saturated rings. The van der Waals surface area contributed by atoms with E-state index in [9.17, 15) is 4.79 Å². The van der Waals surface area contributed by atoms with Gasteiger partial charge in [-0.15, -0.1) is 0 Å². The van der Waals surface area contributed by atoms with Gasteiger partial charge in [0.25, 0.3) is 5.56 Å². The Hall–Kier alpha value is -1.09. The summed E-state index contributed by atoms with van der Waals surface area (Å²) in [6.07, 6.45) is 2.19. The molecular formula is C15H18BrNO. The summed E-state index contributed by atoms with van der Waals surface area (Å²) in [6, 6.07) is 11.6. The lowest BCUT2D eigenvalue weighted by Gasteiger charge is -2.13. The Bertz CT molecular complexity index is 576. The second kappa shape index (κ2) is 6.19. The Morgan fingerprint density at radius 1 is 1.17 bits per heavy atom. The van der Waals surface area contributed by atoms with Gasteiger partial charge >= 0.3 is 0 Å². The Morgan fingerprint density at radius 3 is 2.72 bits per heavy atom. The van der Waals surface area contributed by atoms with Gasteiger partial charge in [-0.2, -0.15) is 0 Å². The van der Waals surface area contributed by atoms with Gasteiger partial charge in [0.2, 0.25) is 0 Å². The maximum absolute atomic E-state index is 12.0. The van der Waals surface area contributed by atoms with Gasteiger partial charge < -0.3 is 4.57 Å². The van der Waals surface area contributed by atoms with Crippen molar-refractivity contribution in [1.29, 1.82) is 0 Å². The largest absolute Gasteiger partial charge is 0.308 e. The standard InChI is InChI=1S/C15H18BrNO/c1-12(8-10-16)9-11-17-14-5-3-2-4-13(14)6-7-15(17)18/h2-7,12H,8-11H2,1H3. The molecule has 0 radical (unpaired) electrons. The SMILES string of the molecule is CC(CCBr)CCn1c(=O)ccc2ccccc21. The van der Waals surface area contributed by atoms with Gasteiger partial charge in [-0.05, 0) is 36.3 Å². The Kier molecular flexibility index (Phi) is 4.59. The molecule has 0 amide bonds. The third-order valence-corrected chi connectivity index (χ3v) is 3.80. The van der Waals surface area contributed by atoms with Crippen molar-refractivity contribution in [2.75, 3.05) is 5.33 Å². The number of aryl methyl sites for hydroxylation is 1. The van der Waals surface area contributed by atoms with Crippen LogP contribution in [0.1, 0.15) is 19.8 Å². The number of rotatable bonds is 5. The number of alkyl halides is 1. The first-order valence-electron chi connectivity index (χ1n) is 6.37. The van der Waals surface area contributed by atoms with Crippen molar-refractivity contribution in [2.24, 2.45) is 5.92 Å². The van der Waals surface area contributed by atoms with Crippen LogP contribution in [0.25, 0.3) is 10.9 Å². The fourth-order valence-electron chi connectivity index (χ4n) is 2.15. The first-order chi connectivity index (χ1) is 8.72. The van der Waals surface area contributed by atoms with E-state index < -0.39 is 0 Å². The van der Waals surface area contributed by atoms with Crippen LogP contribution in [0, 0.1) is 5.92 Å². The maximum Gasteiger partial charge on any atom is 0.251 e. The highest BCUT2D eigenvalue weighted by Gasteiger charge is 2.05. The van der Waals surface area contributed by atoms with Crippen molar-refractivity contribution in [3.05, 3.63) is 46.8 Å². The van der Waals surface area contributed by atoms with E-state index in [0.29, 0.717) is 5.92 Å². The summed E-state index contributed by atoms with van der Waals surface area (Å²) >= 11 is 3.46. The van der Waals surface area contributed by atoms with Crippen LogP contribution in [0.15, 0.2) is 41.2 Å². The van der Waals surface area contributed by atoms with E-state index in [1.807, 2.05) is 34.9 Å². The van der Waals surface area contributed by atoms with Crippen molar-refractivity contribution in [3.8, 4) is 0 Å². The number of hydrogen-bond acceptors (Lipinski definition) is 1. The first-order valence-corrected chi connectivity index (χ1v) is 7.49. The summed E-state index contributed by atoms with van der Waals surface area (Å²) in [4.78, 5) is 12.0. The molecule has 0 aliphatic rings. The van der Waals surface area contributed by atoms with Gasteiger partial charge in [-0.1, -0.05) is 41.1 Å². The van der Waals surface area contributed by atoms with Gasteiger partial charge in [0.15, 0.2) is 0 Å². The van der Waals surface area contributed by atoms with Crippen LogP contribution in [0.4, 0.5) is 0 Å². The van der Waals surface area contributed by atoms with Crippen LogP contribution in [0.5, 0.6) is 0 Å².